The predicted molar refractivity (Wildman–Crippen MR) is 99.0 cm³/mol. The largest absolute Gasteiger partial charge is 0.508 e. The summed E-state index contributed by atoms with van der Waals surface area (Å²) in [5.41, 5.74) is 1.07. The van der Waals surface area contributed by atoms with Crippen LogP contribution in [0.4, 0.5) is 0 Å². The monoisotopic (exact) mass is 354 g/mol. The Kier molecular flexibility index (Phi) is 4.64. The Balaban J connectivity index is 2.07. The summed E-state index contributed by atoms with van der Waals surface area (Å²) in [7, 11) is 0. The van der Waals surface area contributed by atoms with Crippen LogP contribution in [0.3, 0.4) is 0 Å². The second-order valence-electron chi connectivity index (χ2n) is 6.81. The first-order valence-electron chi connectivity index (χ1n) is 8.53. The van der Waals surface area contributed by atoms with Gasteiger partial charge in [-0.05, 0) is 50.1 Å². The number of aldehydes is 1. The van der Waals surface area contributed by atoms with Crippen molar-refractivity contribution in [2.75, 3.05) is 0 Å². The zero-order valence-electron chi connectivity index (χ0n) is 15.0. The third-order valence-corrected chi connectivity index (χ3v) is 4.34. The number of carbonyl (C=O) groups excluding carboxylic acids is 1. The first kappa shape index (κ1) is 17.9. The molecule has 5 nitrogen and oxygen atoms in total. The van der Waals surface area contributed by atoms with Crippen LogP contribution < -0.4 is 9.47 Å². The number of ether oxygens (including phenoxy) is 2. The Bertz CT molecular complexity index is 850. The van der Waals surface area contributed by atoms with Crippen LogP contribution in [0.5, 0.6) is 23.0 Å². The number of hydrogen-bond acceptors (Lipinski definition) is 5. The quantitative estimate of drug-likeness (QED) is 0.766. The van der Waals surface area contributed by atoms with Crippen LogP contribution in [0.1, 0.15) is 54.8 Å². The van der Waals surface area contributed by atoms with Crippen molar-refractivity contribution >= 4 is 12.4 Å². The number of carbonyl (C=O) groups is 1. The van der Waals surface area contributed by atoms with Crippen molar-refractivity contribution in [1.29, 1.82) is 0 Å². The SMILES string of the molecule is CCC(Oc1c(C=O)c(O)cc2c1C=CC(C)(C)O2)c1ccc(O)cc1. The summed E-state index contributed by atoms with van der Waals surface area (Å²) in [5, 5.41) is 19.7. The predicted octanol–water partition coefficient (Wildman–Crippen LogP) is 4.62. The third-order valence-electron chi connectivity index (χ3n) is 4.34. The highest BCUT2D eigenvalue weighted by Crippen LogP contribution is 2.44. The Labute approximate surface area is 152 Å². The van der Waals surface area contributed by atoms with E-state index in [0.29, 0.717) is 29.8 Å². The number of benzene rings is 2. The summed E-state index contributed by atoms with van der Waals surface area (Å²) in [4.78, 5) is 11.6. The van der Waals surface area contributed by atoms with Gasteiger partial charge in [-0.1, -0.05) is 19.1 Å². The van der Waals surface area contributed by atoms with E-state index in [9.17, 15) is 15.0 Å². The maximum Gasteiger partial charge on any atom is 0.157 e. The van der Waals surface area contributed by atoms with Crippen molar-refractivity contribution in [3.05, 3.63) is 53.1 Å². The summed E-state index contributed by atoms with van der Waals surface area (Å²) in [6.07, 6.45) is 4.62. The molecule has 0 radical (unpaired) electrons. The van der Waals surface area contributed by atoms with Gasteiger partial charge in [0.05, 0.1) is 11.1 Å². The number of hydrogen-bond donors (Lipinski definition) is 2. The molecule has 1 unspecified atom stereocenters. The van der Waals surface area contributed by atoms with Crippen LogP contribution in [-0.4, -0.2) is 22.1 Å². The maximum atomic E-state index is 11.6. The van der Waals surface area contributed by atoms with Crippen molar-refractivity contribution in [3.8, 4) is 23.0 Å². The Hall–Kier alpha value is -2.95. The first-order valence-corrected chi connectivity index (χ1v) is 8.53. The molecule has 5 heteroatoms. The molecule has 2 aromatic carbocycles. The Morgan fingerprint density at radius 1 is 1.23 bits per heavy atom. The Morgan fingerprint density at radius 2 is 1.92 bits per heavy atom. The summed E-state index contributed by atoms with van der Waals surface area (Å²) < 4.78 is 12.1. The fraction of sp³-hybridized carbons (Fsp3) is 0.286. The molecule has 2 N–H and O–H groups in total. The molecule has 136 valence electrons. The van der Waals surface area contributed by atoms with E-state index < -0.39 is 5.60 Å². The minimum Gasteiger partial charge on any atom is -0.508 e. The molecule has 0 saturated heterocycles. The van der Waals surface area contributed by atoms with E-state index in [1.165, 1.54) is 6.07 Å². The smallest absolute Gasteiger partial charge is 0.157 e. The van der Waals surface area contributed by atoms with Gasteiger partial charge in [-0.3, -0.25) is 4.79 Å². The second-order valence-corrected chi connectivity index (χ2v) is 6.81. The average molecular weight is 354 g/mol. The van der Waals surface area contributed by atoms with Crippen LogP contribution in [-0.2, 0) is 0 Å². The fourth-order valence-corrected chi connectivity index (χ4v) is 2.96. The summed E-state index contributed by atoms with van der Waals surface area (Å²) in [6, 6.07) is 8.17. The van der Waals surface area contributed by atoms with Gasteiger partial charge in [0, 0.05) is 6.07 Å². The maximum absolute atomic E-state index is 11.6. The first-order chi connectivity index (χ1) is 12.3. The molecule has 2 aromatic rings. The highest BCUT2D eigenvalue weighted by Gasteiger charge is 2.28. The highest BCUT2D eigenvalue weighted by molar-refractivity contribution is 5.88. The normalized spacial score (nSPS) is 15.7. The fourth-order valence-electron chi connectivity index (χ4n) is 2.96. The zero-order chi connectivity index (χ0) is 18.9. The van der Waals surface area contributed by atoms with Gasteiger partial charge in [-0.2, -0.15) is 0 Å². The van der Waals surface area contributed by atoms with Crippen LogP contribution >= 0.6 is 0 Å². The van der Waals surface area contributed by atoms with Gasteiger partial charge in [0.2, 0.25) is 0 Å². The lowest BCUT2D eigenvalue weighted by molar-refractivity contribution is 0.111. The van der Waals surface area contributed by atoms with Gasteiger partial charge in [0.15, 0.2) is 6.29 Å². The van der Waals surface area contributed by atoms with Crippen molar-refractivity contribution in [1.82, 2.24) is 0 Å². The van der Waals surface area contributed by atoms with Crippen molar-refractivity contribution in [3.63, 3.8) is 0 Å². The number of fused-ring (bicyclic) bond motifs is 1. The standard InChI is InChI=1S/C21H22O5/c1-4-18(13-5-7-14(23)8-6-13)25-20-15-9-10-21(2,3)26-19(15)11-17(24)16(20)12-22/h5-12,18,23-24H,4H2,1-3H3. The van der Waals surface area contributed by atoms with Crippen molar-refractivity contribution in [2.45, 2.75) is 38.9 Å². The van der Waals surface area contributed by atoms with Crippen LogP contribution in [0, 0.1) is 0 Å². The van der Waals surface area contributed by atoms with Crippen molar-refractivity contribution < 1.29 is 24.5 Å². The summed E-state index contributed by atoms with van der Waals surface area (Å²) >= 11 is 0. The van der Waals surface area contributed by atoms with Gasteiger partial charge in [0.1, 0.15) is 34.7 Å². The highest BCUT2D eigenvalue weighted by atomic mass is 16.5. The van der Waals surface area contributed by atoms with E-state index in [4.69, 9.17) is 9.47 Å². The number of aromatic hydroxyl groups is 2. The van der Waals surface area contributed by atoms with Gasteiger partial charge in [-0.25, -0.2) is 0 Å². The van der Waals surface area contributed by atoms with Crippen molar-refractivity contribution in [2.24, 2.45) is 0 Å². The lowest BCUT2D eigenvalue weighted by Gasteiger charge is -2.30. The van der Waals surface area contributed by atoms with E-state index in [0.717, 1.165) is 5.56 Å². The van der Waals surface area contributed by atoms with E-state index >= 15 is 0 Å². The third kappa shape index (κ3) is 3.38. The van der Waals surface area contributed by atoms with Gasteiger partial charge >= 0.3 is 0 Å². The second kappa shape index (κ2) is 6.75. The molecular formula is C21H22O5. The summed E-state index contributed by atoms with van der Waals surface area (Å²) in [6.45, 7) is 5.77. The Morgan fingerprint density at radius 3 is 2.54 bits per heavy atom. The lowest BCUT2D eigenvalue weighted by Crippen LogP contribution is -2.27. The molecule has 0 fully saturated rings. The van der Waals surface area contributed by atoms with Gasteiger partial charge in [0.25, 0.3) is 0 Å². The molecule has 0 bridgehead atoms. The van der Waals surface area contributed by atoms with E-state index in [1.54, 1.807) is 24.3 Å². The minimum absolute atomic E-state index is 0.0916. The van der Waals surface area contributed by atoms with E-state index in [1.807, 2.05) is 32.9 Å². The molecule has 3 rings (SSSR count). The summed E-state index contributed by atoms with van der Waals surface area (Å²) in [5.74, 6) is 0.753. The van der Waals surface area contributed by atoms with E-state index in [2.05, 4.69) is 0 Å². The molecule has 0 spiro atoms. The molecule has 1 atom stereocenters. The number of rotatable bonds is 5. The molecule has 26 heavy (non-hydrogen) atoms. The topological polar surface area (TPSA) is 76.0 Å². The van der Waals surface area contributed by atoms with Gasteiger partial charge in [-0.15, -0.1) is 0 Å². The molecular weight excluding hydrogens is 332 g/mol. The lowest BCUT2D eigenvalue weighted by atomic mass is 9.98. The molecule has 0 aromatic heterocycles. The molecule has 0 amide bonds. The van der Waals surface area contributed by atoms with Crippen LogP contribution in [0.2, 0.25) is 0 Å². The molecule has 1 aliphatic rings. The van der Waals surface area contributed by atoms with Gasteiger partial charge < -0.3 is 19.7 Å². The molecule has 1 aliphatic heterocycles. The van der Waals surface area contributed by atoms with Crippen LogP contribution in [0.25, 0.3) is 6.08 Å². The van der Waals surface area contributed by atoms with Crippen LogP contribution in [0.15, 0.2) is 36.4 Å². The minimum atomic E-state index is -0.513. The zero-order valence-corrected chi connectivity index (χ0v) is 15.0. The number of phenolic OH excluding ortho intramolecular Hbond substituents is 2. The van der Waals surface area contributed by atoms with E-state index in [-0.39, 0.29) is 23.2 Å². The number of phenols is 2. The average Bonchev–Trinajstić information content (AvgIpc) is 2.59. The molecule has 0 aliphatic carbocycles. The molecule has 1 heterocycles. The molecule has 0 saturated carbocycles.